The summed E-state index contributed by atoms with van der Waals surface area (Å²) in [6.45, 7) is 6.93. The van der Waals surface area contributed by atoms with Gasteiger partial charge in [-0.3, -0.25) is 9.48 Å². The first-order valence-electron chi connectivity index (χ1n) is 8.90. The van der Waals surface area contributed by atoms with Crippen molar-refractivity contribution in [2.75, 3.05) is 24.5 Å². The molecule has 1 aromatic carbocycles. The van der Waals surface area contributed by atoms with Crippen LogP contribution in [0.1, 0.15) is 35.8 Å². The molecule has 0 unspecified atom stereocenters. The van der Waals surface area contributed by atoms with Crippen LogP contribution in [0.2, 0.25) is 0 Å². The zero-order chi connectivity index (χ0) is 17.8. The van der Waals surface area contributed by atoms with Crippen LogP contribution in [0.5, 0.6) is 0 Å². The van der Waals surface area contributed by atoms with Crippen molar-refractivity contribution in [2.45, 2.75) is 33.2 Å². The van der Waals surface area contributed by atoms with Crippen LogP contribution in [0.25, 0.3) is 0 Å². The van der Waals surface area contributed by atoms with Gasteiger partial charge in [-0.1, -0.05) is 19.1 Å². The minimum Gasteiger partial charge on any atom is -0.369 e. The molecule has 0 saturated carbocycles. The van der Waals surface area contributed by atoms with E-state index in [9.17, 15) is 9.18 Å². The smallest absolute Gasteiger partial charge is 0.254 e. The molecular weight excluding hydrogens is 319 g/mol. The second-order valence-corrected chi connectivity index (χ2v) is 6.65. The van der Waals surface area contributed by atoms with Crippen molar-refractivity contribution < 1.29 is 9.18 Å². The lowest BCUT2D eigenvalue weighted by atomic mass is 10.1. The molecule has 1 atom stereocenters. The number of anilines is 1. The van der Waals surface area contributed by atoms with Crippen molar-refractivity contribution in [3.8, 4) is 0 Å². The topological polar surface area (TPSA) is 50.2 Å². The third-order valence-corrected chi connectivity index (χ3v) is 4.67. The number of nitrogens with zero attached hydrogens (tertiary/aromatic N) is 3. The molecule has 0 bridgehead atoms. The predicted molar refractivity (Wildman–Crippen MR) is 96.3 cm³/mol. The number of carbonyl (C=O) groups excluding carboxylic acids is 1. The third kappa shape index (κ3) is 4.00. The highest BCUT2D eigenvalue weighted by Crippen LogP contribution is 2.25. The number of aromatic nitrogens is 2. The van der Waals surface area contributed by atoms with Gasteiger partial charge >= 0.3 is 0 Å². The third-order valence-electron chi connectivity index (χ3n) is 4.67. The second kappa shape index (κ2) is 7.68. The Bertz CT molecular complexity index is 743. The van der Waals surface area contributed by atoms with E-state index in [-0.39, 0.29) is 11.7 Å². The number of carbonyl (C=O) groups is 1. The highest BCUT2D eigenvalue weighted by molar-refractivity contribution is 5.95. The van der Waals surface area contributed by atoms with E-state index in [1.54, 1.807) is 6.07 Å². The maximum Gasteiger partial charge on any atom is 0.254 e. The highest BCUT2D eigenvalue weighted by atomic mass is 19.1. The van der Waals surface area contributed by atoms with Crippen LogP contribution in [0.4, 0.5) is 10.1 Å². The Kier molecular flexibility index (Phi) is 5.36. The van der Waals surface area contributed by atoms with E-state index in [0.29, 0.717) is 23.7 Å². The molecule has 1 aliphatic rings. The van der Waals surface area contributed by atoms with Gasteiger partial charge in [0.1, 0.15) is 5.82 Å². The first-order valence-corrected chi connectivity index (χ1v) is 8.90. The molecule has 0 radical (unpaired) electrons. The fourth-order valence-corrected chi connectivity index (χ4v) is 3.34. The van der Waals surface area contributed by atoms with Crippen molar-refractivity contribution in [3.05, 3.63) is 47.5 Å². The average molecular weight is 344 g/mol. The number of hydrogen-bond donors (Lipinski definition) is 1. The van der Waals surface area contributed by atoms with Crippen LogP contribution in [0.3, 0.4) is 0 Å². The molecule has 2 heterocycles. The average Bonchev–Trinajstić information content (AvgIpc) is 3.20. The summed E-state index contributed by atoms with van der Waals surface area (Å²) in [5.74, 6) is 0.0601. The van der Waals surface area contributed by atoms with Crippen LogP contribution >= 0.6 is 0 Å². The fraction of sp³-hybridized carbons (Fsp3) is 0.474. The van der Waals surface area contributed by atoms with Crippen LogP contribution in [-0.2, 0) is 6.54 Å². The maximum absolute atomic E-state index is 13.9. The van der Waals surface area contributed by atoms with Crippen LogP contribution in [0.15, 0.2) is 30.5 Å². The minimum absolute atomic E-state index is 0.0794. The molecule has 1 aliphatic heterocycles. The number of aryl methyl sites for hydroxylation is 2. The Labute approximate surface area is 147 Å². The summed E-state index contributed by atoms with van der Waals surface area (Å²) in [6, 6.07) is 6.85. The van der Waals surface area contributed by atoms with Gasteiger partial charge in [-0.2, -0.15) is 5.10 Å². The lowest BCUT2D eigenvalue weighted by Gasteiger charge is -2.19. The summed E-state index contributed by atoms with van der Waals surface area (Å²) in [5, 5.41) is 7.38. The zero-order valence-corrected chi connectivity index (χ0v) is 14.8. The van der Waals surface area contributed by atoms with E-state index < -0.39 is 0 Å². The van der Waals surface area contributed by atoms with Crippen molar-refractivity contribution in [3.63, 3.8) is 0 Å². The van der Waals surface area contributed by atoms with Crippen LogP contribution in [-0.4, -0.2) is 35.3 Å². The molecule has 25 heavy (non-hydrogen) atoms. The Morgan fingerprint density at radius 1 is 1.40 bits per heavy atom. The Morgan fingerprint density at radius 3 is 2.96 bits per heavy atom. The van der Waals surface area contributed by atoms with E-state index in [4.69, 9.17) is 0 Å². The van der Waals surface area contributed by atoms with Crippen molar-refractivity contribution in [2.24, 2.45) is 5.92 Å². The Balaban J connectivity index is 1.54. The molecule has 2 aromatic rings. The van der Waals surface area contributed by atoms with Gasteiger partial charge in [0.05, 0.1) is 16.9 Å². The van der Waals surface area contributed by atoms with Gasteiger partial charge in [0.2, 0.25) is 0 Å². The molecule has 1 aromatic heterocycles. The van der Waals surface area contributed by atoms with Gasteiger partial charge in [0, 0.05) is 32.4 Å². The van der Waals surface area contributed by atoms with Gasteiger partial charge < -0.3 is 10.2 Å². The molecule has 134 valence electrons. The maximum atomic E-state index is 13.9. The molecule has 1 N–H and O–H groups in total. The Hall–Kier alpha value is -2.37. The molecule has 6 heteroatoms. The first-order chi connectivity index (χ1) is 12.1. The van der Waals surface area contributed by atoms with Gasteiger partial charge in [0.15, 0.2) is 0 Å². The molecule has 1 amide bonds. The molecular formula is C19H25FN4O. The van der Waals surface area contributed by atoms with Crippen LogP contribution < -0.4 is 10.2 Å². The molecule has 0 aliphatic carbocycles. The number of rotatable bonds is 6. The van der Waals surface area contributed by atoms with Crippen molar-refractivity contribution >= 4 is 11.6 Å². The summed E-state index contributed by atoms with van der Waals surface area (Å²) in [7, 11) is 0. The summed E-state index contributed by atoms with van der Waals surface area (Å²) in [6.07, 6.45) is 3.74. The fourth-order valence-electron chi connectivity index (χ4n) is 3.34. The molecule has 1 fully saturated rings. The number of amides is 1. The molecule has 0 spiro atoms. The Morgan fingerprint density at radius 2 is 2.20 bits per heavy atom. The summed E-state index contributed by atoms with van der Waals surface area (Å²) in [4.78, 5) is 14.5. The highest BCUT2D eigenvalue weighted by Gasteiger charge is 2.25. The quantitative estimate of drug-likeness (QED) is 0.876. The van der Waals surface area contributed by atoms with Gasteiger partial charge in [-0.15, -0.1) is 0 Å². The van der Waals surface area contributed by atoms with E-state index in [1.807, 2.05) is 29.9 Å². The van der Waals surface area contributed by atoms with Crippen LogP contribution in [0, 0.1) is 18.7 Å². The SMILES string of the molecule is CCCn1cc(C(=O)NC[C@@H]2CCN(c3ccccc3F)C2)c(C)n1. The monoisotopic (exact) mass is 344 g/mol. The summed E-state index contributed by atoms with van der Waals surface area (Å²) < 4.78 is 15.7. The van der Waals surface area contributed by atoms with E-state index in [0.717, 1.165) is 38.2 Å². The van der Waals surface area contributed by atoms with Gasteiger partial charge in [0.25, 0.3) is 5.91 Å². The molecule has 5 nitrogen and oxygen atoms in total. The molecule has 3 rings (SSSR count). The number of benzene rings is 1. The number of para-hydroxylation sites is 1. The zero-order valence-electron chi connectivity index (χ0n) is 14.8. The standard InChI is InChI=1S/C19H25FN4O/c1-3-9-24-13-16(14(2)22-24)19(25)21-11-15-8-10-23(12-15)18-7-5-4-6-17(18)20/h4-7,13,15H,3,8-12H2,1-2H3,(H,21,25)/t15-/m0/s1. The second-order valence-electron chi connectivity index (χ2n) is 6.65. The van der Waals surface area contributed by atoms with E-state index in [2.05, 4.69) is 22.2 Å². The number of halogens is 1. The number of hydrogen-bond acceptors (Lipinski definition) is 3. The van der Waals surface area contributed by atoms with Crippen molar-refractivity contribution in [1.82, 2.24) is 15.1 Å². The van der Waals surface area contributed by atoms with Gasteiger partial charge in [-0.05, 0) is 37.8 Å². The first kappa shape index (κ1) is 17.5. The van der Waals surface area contributed by atoms with Crippen molar-refractivity contribution in [1.29, 1.82) is 0 Å². The van der Waals surface area contributed by atoms with E-state index >= 15 is 0 Å². The summed E-state index contributed by atoms with van der Waals surface area (Å²) in [5.41, 5.74) is 2.04. The lowest BCUT2D eigenvalue weighted by molar-refractivity contribution is 0.0947. The molecule has 1 saturated heterocycles. The normalized spacial score (nSPS) is 17.1. The van der Waals surface area contributed by atoms with E-state index in [1.165, 1.54) is 6.07 Å². The largest absolute Gasteiger partial charge is 0.369 e. The minimum atomic E-state index is -0.189. The lowest BCUT2D eigenvalue weighted by Crippen LogP contribution is -2.31. The number of nitrogens with one attached hydrogen (secondary N) is 1. The summed E-state index contributed by atoms with van der Waals surface area (Å²) >= 11 is 0. The van der Waals surface area contributed by atoms with Gasteiger partial charge in [-0.25, -0.2) is 4.39 Å². The predicted octanol–water partition coefficient (Wildman–Crippen LogP) is 3.00.